The van der Waals surface area contributed by atoms with Crippen molar-refractivity contribution in [3.63, 3.8) is 0 Å². The molecule has 2 nitrogen and oxygen atoms in total. The van der Waals surface area contributed by atoms with Crippen LogP contribution in [0.25, 0.3) is 11.3 Å². The van der Waals surface area contributed by atoms with Crippen LogP contribution in [0.2, 0.25) is 0 Å². The summed E-state index contributed by atoms with van der Waals surface area (Å²) in [5.41, 5.74) is -0.228. The summed E-state index contributed by atoms with van der Waals surface area (Å²) in [5.74, 6) is 0. The van der Waals surface area contributed by atoms with Crippen molar-refractivity contribution >= 4 is 0 Å². The maximum atomic E-state index is 12.8. The van der Waals surface area contributed by atoms with E-state index in [1.165, 1.54) is 0 Å². The second kappa shape index (κ2) is 4.78. The van der Waals surface area contributed by atoms with Crippen LogP contribution in [0, 0.1) is 0 Å². The van der Waals surface area contributed by atoms with E-state index in [0.717, 1.165) is 12.3 Å². The lowest BCUT2D eigenvalue weighted by molar-refractivity contribution is -0.138. The Morgan fingerprint density at radius 3 is 2.33 bits per heavy atom. The van der Waals surface area contributed by atoms with E-state index in [0.29, 0.717) is 5.56 Å². The molecule has 0 aliphatic carbocycles. The molecule has 0 spiro atoms. The summed E-state index contributed by atoms with van der Waals surface area (Å²) in [6.45, 7) is -0.684. The molecule has 1 aromatic heterocycles. The molecular formula is C13H10F3NO. The highest BCUT2D eigenvalue weighted by molar-refractivity contribution is 5.60. The van der Waals surface area contributed by atoms with E-state index >= 15 is 0 Å². The average Bonchev–Trinajstić information content (AvgIpc) is 2.38. The Hall–Kier alpha value is -1.88. The normalized spacial score (nSPS) is 11.6. The molecule has 18 heavy (non-hydrogen) atoms. The number of aliphatic hydroxyl groups excluding tert-OH is 1. The molecule has 0 radical (unpaired) electrons. The minimum absolute atomic E-state index is 0.220. The summed E-state index contributed by atoms with van der Waals surface area (Å²) in [7, 11) is 0. The van der Waals surface area contributed by atoms with Crippen LogP contribution >= 0.6 is 0 Å². The number of halogens is 3. The van der Waals surface area contributed by atoms with E-state index in [1.54, 1.807) is 30.3 Å². The lowest BCUT2D eigenvalue weighted by Gasteiger charge is -2.12. The number of aliphatic hydroxyl groups is 1. The topological polar surface area (TPSA) is 33.1 Å². The monoisotopic (exact) mass is 253 g/mol. The van der Waals surface area contributed by atoms with Crippen LogP contribution in [0.4, 0.5) is 13.2 Å². The highest BCUT2D eigenvalue weighted by Gasteiger charge is 2.33. The molecule has 2 aromatic rings. The molecule has 0 aliphatic rings. The molecule has 0 amide bonds. The van der Waals surface area contributed by atoms with E-state index in [-0.39, 0.29) is 11.3 Å². The maximum absolute atomic E-state index is 12.8. The standard InChI is InChI=1S/C13H10F3NO/c14-13(15,16)11-6-12(17-7-10(11)8-18)9-4-2-1-3-5-9/h1-7,18H,8H2. The van der Waals surface area contributed by atoms with Gasteiger partial charge >= 0.3 is 6.18 Å². The fraction of sp³-hybridized carbons (Fsp3) is 0.154. The summed E-state index contributed by atoms with van der Waals surface area (Å²) >= 11 is 0. The minimum Gasteiger partial charge on any atom is -0.392 e. The summed E-state index contributed by atoms with van der Waals surface area (Å²) < 4.78 is 38.4. The van der Waals surface area contributed by atoms with Crippen molar-refractivity contribution in [2.45, 2.75) is 12.8 Å². The molecule has 1 heterocycles. The molecule has 0 bridgehead atoms. The van der Waals surface area contributed by atoms with Gasteiger partial charge < -0.3 is 5.11 Å². The molecular weight excluding hydrogens is 243 g/mol. The van der Waals surface area contributed by atoms with Gasteiger partial charge in [0.2, 0.25) is 0 Å². The first-order chi connectivity index (χ1) is 8.52. The van der Waals surface area contributed by atoms with Gasteiger partial charge in [-0.05, 0) is 6.07 Å². The van der Waals surface area contributed by atoms with Gasteiger partial charge in [-0.3, -0.25) is 4.98 Å². The van der Waals surface area contributed by atoms with Crippen molar-refractivity contribution in [3.05, 3.63) is 53.7 Å². The Morgan fingerprint density at radius 2 is 1.78 bits per heavy atom. The first kappa shape index (κ1) is 12.6. The summed E-state index contributed by atoms with van der Waals surface area (Å²) in [5, 5.41) is 8.90. The fourth-order valence-corrected chi connectivity index (χ4v) is 1.64. The van der Waals surface area contributed by atoms with E-state index in [9.17, 15) is 13.2 Å². The molecule has 0 atom stereocenters. The summed E-state index contributed by atoms with van der Waals surface area (Å²) in [4.78, 5) is 3.93. The van der Waals surface area contributed by atoms with Crippen molar-refractivity contribution < 1.29 is 18.3 Å². The SMILES string of the molecule is OCc1cnc(-c2ccccc2)cc1C(F)(F)F. The zero-order chi connectivity index (χ0) is 13.2. The number of nitrogens with zero attached hydrogens (tertiary/aromatic N) is 1. The van der Waals surface area contributed by atoms with Crippen LogP contribution < -0.4 is 0 Å². The van der Waals surface area contributed by atoms with E-state index in [4.69, 9.17) is 5.11 Å². The van der Waals surface area contributed by atoms with Crippen LogP contribution in [-0.4, -0.2) is 10.1 Å². The van der Waals surface area contributed by atoms with Crippen molar-refractivity contribution in [2.75, 3.05) is 0 Å². The van der Waals surface area contributed by atoms with E-state index < -0.39 is 18.3 Å². The highest BCUT2D eigenvalue weighted by Crippen LogP contribution is 2.33. The highest BCUT2D eigenvalue weighted by atomic mass is 19.4. The first-order valence-electron chi connectivity index (χ1n) is 5.25. The third-order valence-electron chi connectivity index (χ3n) is 2.53. The second-order valence-corrected chi connectivity index (χ2v) is 3.75. The van der Waals surface area contributed by atoms with Gasteiger partial charge in [0.05, 0.1) is 17.9 Å². The van der Waals surface area contributed by atoms with E-state index in [2.05, 4.69) is 4.98 Å². The van der Waals surface area contributed by atoms with Crippen molar-refractivity contribution in [2.24, 2.45) is 0 Å². The molecule has 5 heteroatoms. The molecule has 2 rings (SSSR count). The Labute approximate surface area is 102 Å². The largest absolute Gasteiger partial charge is 0.416 e. The van der Waals surface area contributed by atoms with Crippen LogP contribution in [0.15, 0.2) is 42.6 Å². The third-order valence-corrected chi connectivity index (χ3v) is 2.53. The summed E-state index contributed by atoms with van der Waals surface area (Å²) in [6.07, 6.45) is -3.43. The molecule has 0 saturated heterocycles. The Kier molecular flexibility index (Phi) is 3.34. The molecule has 0 aliphatic heterocycles. The Balaban J connectivity index is 2.53. The zero-order valence-electron chi connectivity index (χ0n) is 9.28. The first-order valence-corrected chi connectivity index (χ1v) is 5.25. The van der Waals surface area contributed by atoms with Gasteiger partial charge in [0.25, 0.3) is 0 Å². The van der Waals surface area contributed by atoms with Gasteiger partial charge in [0.1, 0.15) is 0 Å². The van der Waals surface area contributed by atoms with Crippen molar-refractivity contribution in [1.29, 1.82) is 0 Å². The number of hydrogen-bond donors (Lipinski definition) is 1. The maximum Gasteiger partial charge on any atom is 0.416 e. The molecule has 94 valence electrons. The van der Waals surface area contributed by atoms with Gasteiger partial charge in [-0.2, -0.15) is 13.2 Å². The fourth-order valence-electron chi connectivity index (χ4n) is 1.64. The average molecular weight is 253 g/mol. The van der Waals surface area contributed by atoms with Crippen molar-refractivity contribution in [3.8, 4) is 11.3 Å². The van der Waals surface area contributed by atoms with Crippen LogP contribution in [0.5, 0.6) is 0 Å². The van der Waals surface area contributed by atoms with Gasteiger partial charge in [-0.1, -0.05) is 30.3 Å². The third kappa shape index (κ3) is 2.51. The molecule has 0 fully saturated rings. The molecule has 1 aromatic carbocycles. The number of alkyl halides is 3. The quantitative estimate of drug-likeness (QED) is 0.891. The van der Waals surface area contributed by atoms with Crippen LogP contribution in [0.3, 0.4) is 0 Å². The van der Waals surface area contributed by atoms with Gasteiger partial charge in [-0.25, -0.2) is 0 Å². The second-order valence-electron chi connectivity index (χ2n) is 3.75. The predicted molar refractivity (Wildman–Crippen MR) is 60.6 cm³/mol. The Bertz CT molecular complexity index is 538. The lowest BCUT2D eigenvalue weighted by Crippen LogP contribution is -2.10. The number of hydrogen-bond acceptors (Lipinski definition) is 2. The van der Waals surface area contributed by atoms with Gasteiger partial charge in [0, 0.05) is 17.3 Å². The van der Waals surface area contributed by atoms with Gasteiger partial charge in [-0.15, -0.1) is 0 Å². The van der Waals surface area contributed by atoms with Crippen LogP contribution in [0.1, 0.15) is 11.1 Å². The zero-order valence-corrected chi connectivity index (χ0v) is 9.28. The van der Waals surface area contributed by atoms with Crippen LogP contribution in [-0.2, 0) is 12.8 Å². The van der Waals surface area contributed by atoms with E-state index in [1.807, 2.05) is 0 Å². The molecule has 0 saturated carbocycles. The summed E-state index contributed by atoms with van der Waals surface area (Å²) in [6, 6.07) is 9.55. The molecule has 1 N–H and O–H groups in total. The number of rotatable bonds is 2. The Morgan fingerprint density at radius 1 is 1.11 bits per heavy atom. The molecule has 0 unspecified atom stereocenters. The smallest absolute Gasteiger partial charge is 0.392 e. The predicted octanol–water partition coefficient (Wildman–Crippen LogP) is 3.26. The minimum atomic E-state index is -4.50. The lowest BCUT2D eigenvalue weighted by atomic mass is 10.1. The number of pyridine rings is 1. The van der Waals surface area contributed by atoms with Gasteiger partial charge in [0.15, 0.2) is 0 Å². The van der Waals surface area contributed by atoms with Crippen molar-refractivity contribution in [1.82, 2.24) is 4.98 Å². The number of aromatic nitrogens is 1. The number of benzene rings is 1.